The van der Waals surface area contributed by atoms with E-state index in [-0.39, 0.29) is 17.7 Å². The highest BCUT2D eigenvalue weighted by Crippen LogP contribution is 2.42. The molecular weight excluding hydrogens is 328 g/mol. The van der Waals surface area contributed by atoms with Crippen LogP contribution in [0.1, 0.15) is 69.5 Å². The molecule has 144 valence electrons. The van der Waals surface area contributed by atoms with Gasteiger partial charge in [0.05, 0.1) is 12.7 Å². The van der Waals surface area contributed by atoms with E-state index in [1.807, 2.05) is 11.1 Å². The number of aromatic nitrogens is 2. The molecule has 1 spiro atoms. The van der Waals surface area contributed by atoms with E-state index in [1.165, 1.54) is 24.1 Å². The molecule has 2 aliphatic heterocycles. The van der Waals surface area contributed by atoms with Crippen LogP contribution in [-0.4, -0.2) is 57.0 Å². The Morgan fingerprint density at radius 3 is 2.73 bits per heavy atom. The minimum Gasteiger partial charge on any atom is -0.441 e. The molecule has 1 aliphatic carbocycles. The number of hydrogen-bond acceptors (Lipinski definition) is 4. The van der Waals surface area contributed by atoms with Gasteiger partial charge < -0.3 is 9.64 Å². The van der Waals surface area contributed by atoms with Gasteiger partial charge >= 0.3 is 6.09 Å². The first-order valence-electron chi connectivity index (χ1n) is 10.2. The number of likely N-dealkylation sites (tertiary alicyclic amines) is 1. The van der Waals surface area contributed by atoms with E-state index in [9.17, 15) is 4.79 Å². The molecule has 0 bridgehead atoms. The molecule has 6 heteroatoms. The number of carbonyl (C=O) groups is 1. The molecule has 1 atom stereocenters. The SMILES string of the molecule is CCC[C@H](C)N1CC2(CCN(Cc3cnn(C)c3C3CC3)CC2)OC1=O. The Morgan fingerprint density at radius 1 is 1.35 bits per heavy atom. The summed E-state index contributed by atoms with van der Waals surface area (Å²) >= 11 is 0. The van der Waals surface area contributed by atoms with Crippen LogP contribution in [-0.2, 0) is 18.3 Å². The summed E-state index contributed by atoms with van der Waals surface area (Å²) in [6.07, 6.45) is 8.56. The summed E-state index contributed by atoms with van der Waals surface area (Å²) in [5.74, 6) is 0.720. The second kappa shape index (κ2) is 6.87. The van der Waals surface area contributed by atoms with Crippen molar-refractivity contribution in [1.82, 2.24) is 19.6 Å². The first kappa shape index (κ1) is 17.8. The van der Waals surface area contributed by atoms with E-state index < -0.39 is 0 Å². The van der Waals surface area contributed by atoms with Crippen LogP contribution in [0.5, 0.6) is 0 Å². The van der Waals surface area contributed by atoms with Gasteiger partial charge in [-0.1, -0.05) is 13.3 Å². The number of carbonyl (C=O) groups excluding carboxylic acids is 1. The lowest BCUT2D eigenvalue weighted by molar-refractivity contribution is -0.00138. The van der Waals surface area contributed by atoms with Gasteiger partial charge in [0.15, 0.2) is 0 Å². The van der Waals surface area contributed by atoms with Gasteiger partial charge in [-0.2, -0.15) is 5.10 Å². The van der Waals surface area contributed by atoms with Crippen LogP contribution in [0.2, 0.25) is 0 Å². The van der Waals surface area contributed by atoms with Crippen molar-refractivity contribution in [1.29, 1.82) is 0 Å². The topological polar surface area (TPSA) is 50.6 Å². The van der Waals surface area contributed by atoms with Crippen LogP contribution in [0.4, 0.5) is 4.79 Å². The van der Waals surface area contributed by atoms with Crippen LogP contribution >= 0.6 is 0 Å². The summed E-state index contributed by atoms with van der Waals surface area (Å²) in [6, 6.07) is 0.279. The minimum atomic E-state index is -0.260. The van der Waals surface area contributed by atoms with Crippen molar-refractivity contribution in [3.8, 4) is 0 Å². The Balaban J connectivity index is 1.35. The van der Waals surface area contributed by atoms with Gasteiger partial charge in [0.1, 0.15) is 5.60 Å². The van der Waals surface area contributed by atoms with Crippen molar-refractivity contribution >= 4 is 6.09 Å². The molecule has 3 heterocycles. The molecule has 2 saturated heterocycles. The fraction of sp³-hybridized carbons (Fsp3) is 0.800. The zero-order chi connectivity index (χ0) is 18.3. The van der Waals surface area contributed by atoms with Gasteiger partial charge in [-0.15, -0.1) is 0 Å². The highest BCUT2D eigenvalue weighted by molar-refractivity contribution is 5.71. The first-order chi connectivity index (χ1) is 12.5. The van der Waals surface area contributed by atoms with Crippen LogP contribution < -0.4 is 0 Å². The van der Waals surface area contributed by atoms with Crippen molar-refractivity contribution in [3.63, 3.8) is 0 Å². The van der Waals surface area contributed by atoms with Crippen LogP contribution in [0.15, 0.2) is 6.20 Å². The van der Waals surface area contributed by atoms with Crippen molar-refractivity contribution in [3.05, 3.63) is 17.5 Å². The smallest absolute Gasteiger partial charge is 0.410 e. The molecule has 0 aromatic carbocycles. The van der Waals surface area contributed by atoms with Gasteiger partial charge in [0, 0.05) is 62.7 Å². The van der Waals surface area contributed by atoms with Crippen LogP contribution in [0.25, 0.3) is 0 Å². The van der Waals surface area contributed by atoms with Crippen molar-refractivity contribution < 1.29 is 9.53 Å². The number of hydrogen-bond donors (Lipinski definition) is 0. The number of nitrogens with zero attached hydrogens (tertiary/aromatic N) is 4. The maximum atomic E-state index is 12.3. The second-order valence-corrected chi connectivity index (χ2v) is 8.55. The van der Waals surface area contributed by atoms with Gasteiger partial charge in [0.2, 0.25) is 0 Å². The molecule has 26 heavy (non-hydrogen) atoms. The Labute approximate surface area is 156 Å². The zero-order valence-electron chi connectivity index (χ0n) is 16.4. The summed E-state index contributed by atoms with van der Waals surface area (Å²) < 4.78 is 7.95. The average molecular weight is 361 g/mol. The van der Waals surface area contributed by atoms with Crippen molar-refractivity contribution in [2.75, 3.05) is 19.6 Å². The summed E-state index contributed by atoms with van der Waals surface area (Å²) in [5.41, 5.74) is 2.55. The summed E-state index contributed by atoms with van der Waals surface area (Å²) in [4.78, 5) is 16.8. The summed E-state index contributed by atoms with van der Waals surface area (Å²) in [7, 11) is 2.06. The largest absolute Gasteiger partial charge is 0.441 e. The fourth-order valence-electron chi connectivity index (χ4n) is 4.68. The molecular formula is C20H32N4O2. The second-order valence-electron chi connectivity index (χ2n) is 8.55. The number of ether oxygens (including phenoxy) is 1. The number of piperidine rings is 1. The molecule has 1 saturated carbocycles. The Kier molecular flexibility index (Phi) is 4.71. The molecule has 0 radical (unpaired) electrons. The molecule has 1 amide bonds. The van der Waals surface area contributed by atoms with Gasteiger partial charge in [-0.3, -0.25) is 9.58 Å². The highest BCUT2D eigenvalue weighted by Gasteiger charge is 2.48. The maximum absolute atomic E-state index is 12.3. The van der Waals surface area contributed by atoms with Crippen molar-refractivity contribution in [2.45, 2.75) is 76.5 Å². The third-order valence-corrected chi connectivity index (χ3v) is 6.43. The van der Waals surface area contributed by atoms with E-state index in [2.05, 4.69) is 35.6 Å². The first-order valence-corrected chi connectivity index (χ1v) is 10.2. The monoisotopic (exact) mass is 360 g/mol. The lowest BCUT2D eigenvalue weighted by atomic mass is 9.90. The minimum absolute atomic E-state index is 0.109. The van der Waals surface area contributed by atoms with Crippen LogP contribution in [0.3, 0.4) is 0 Å². The molecule has 0 N–H and O–H groups in total. The summed E-state index contributed by atoms with van der Waals surface area (Å²) in [6.45, 7) is 8.02. The highest BCUT2D eigenvalue weighted by atomic mass is 16.6. The molecule has 3 aliphatic rings. The van der Waals surface area contributed by atoms with Gasteiger partial charge in [-0.05, 0) is 26.2 Å². The number of rotatable bonds is 6. The van der Waals surface area contributed by atoms with E-state index in [0.717, 1.165) is 57.8 Å². The molecule has 6 nitrogen and oxygen atoms in total. The fourth-order valence-corrected chi connectivity index (χ4v) is 4.68. The molecule has 1 aromatic rings. The number of aryl methyl sites for hydroxylation is 1. The molecule has 0 unspecified atom stereocenters. The molecule has 1 aromatic heterocycles. The van der Waals surface area contributed by atoms with Gasteiger partial charge in [-0.25, -0.2) is 4.79 Å². The maximum Gasteiger partial charge on any atom is 0.410 e. The Hall–Kier alpha value is -1.56. The quantitative estimate of drug-likeness (QED) is 0.781. The van der Waals surface area contributed by atoms with E-state index in [4.69, 9.17) is 4.74 Å². The lowest BCUT2D eigenvalue weighted by Gasteiger charge is -2.37. The number of amides is 1. The zero-order valence-corrected chi connectivity index (χ0v) is 16.4. The lowest BCUT2D eigenvalue weighted by Crippen LogP contribution is -2.47. The van der Waals surface area contributed by atoms with E-state index in [1.54, 1.807) is 0 Å². The Morgan fingerprint density at radius 2 is 2.08 bits per heavy atom. The van der Waals surface area contributed by atoms with E-state index in [0.29, 0.717) is 0 Å². The average Bonchev–Trinajstić information content (AvgIpc) is 3.31. The van der Waals surface area contributed by atoms with Crippen LogP contribution in [0, 0.1) is 0 Å². The normalized spacial score (nSPS) is 24.3. The van der Waals surface area contributed by atoms with E-state index >= 15 is 0 Å². The Bertz CT molecular complexity index is 659. The van der Waals surface area contributed by atoms with Gasteiger partial charge in [0.25, 0.3) is 0 Å². The van der Waals surface area contributed by atoms with Crippen molar-refractivity contribution in [2.24, 2.45) is 7.05 Å². The summed E-state index contributed by atoms with van der Waals surface area (Å²) in [5, 5.41) is 4.48. The predicted octanol–water partition coefficient (Wildman–Crippen LogP) is 3.27. The third-order valence-electron chi connectivity index (χ3n) is 6.43. The molecule has 4 rings (SSSR count). The molecule has 3 fully saturated rings. The third kappa shape index (κ3) is 3.36. The predicted molar refractivity (Wildman–Crippen MR) is 100.0 cm³/mol. The standard InChI is InChI=1S/C20H32N4O2/c1-4-5-15(2)24-14-20(26-19(24)25)8-10-23(11-9-20)13-17-12-21-22(3)18(17)16-6-7-16/h12,15-16H,4-11,13-14H2,1-3H3/t15-/m0/s1.